The van der Waals surface area contributed by atoms with Crippen molar-refractivity contribution < 1.29 is 29.1 Å². The summed E-state index contributed by atoms with van der Waals surface area (Å²) >= 11 is 0. The Morgan fingerprint density at radius 1 is 1.08 bits per heavy atom. The summed E-state index contributed by atoms with van der Waals surface area (Å²) in [5.41, 5.74) is 1.47. The van der Waals surface area contributed by atoms with Gasteiger partial charge in [0.1, 0.15) is 6.10 Å². The zero-order valence-corrected chi connectivity index (χ0v) is 15.7. The maximum atomic E-state index is 11.9. The number of carbonyl (C=O) groups excluding carboxylic acids is 2. The Balaban J connectivity index is 1.71. The highest BCUT2D eigenvalue weighted by atomic mass is 17.5. The van der Waals surface area contributed by atoms with Crippen LogP contribution in [0.2, 0.25) is 0 Å². The van der Waals surface area contributed by atoms with E-state index in [0.29, 0.717) is 11.5 Å². The summed E-state index contributed by atoms with van der Waals surface area (Å²) < 4.78 is 5.24. The highest BCUT2D eigenvalue weighted by Gasteiger charge is 2.30. The molecule has 0 radical (unpaired) electrons. The predicted molar refractivity (Wildman–Crippen MR) is 95.1 cm³/mol. The summed E-state index contributed by atoms with van der Waals surface area (Å²) in [7, 11) is 0. The lowest BCUT2D eigenvalue weighted by molar-refractivity contribution is -0.453. The fourth-order valence-electron chi connectivity index (χ4n) is 3.15. The molecule has 0 spiro atoms. The second-order valence-electron chi connectivity index (χ2n) is 7.00. The van der Waals surface area contributed by atoms with Crippen LogP contribution in [0.25, 0.3) is 0 Å². The SMILES string of the molecule is CCCCc1ccc(C(=O)OOOC(=O)OC2CCCC(C)C2C)cc1. The summed E-state index contributed by atoms with van der Waals surface area (Å²) in [5.74, 6) is 0.00478. The molecule has 1 aliphatic carbocycles. The van der Waals surface area contributed by atoms with Crippen molar-refractivity contribution in [1.29, 1.82) is 0 Å². The molecule has 0 heterocycles. The van der Waals surface area contributed by atoms with E-state index in [9.17, 15) is 9.59 Å². The molecule has 1 aromatic rings. The van der Waals surface area contributed by atoms with Crippen molar-refractivity contribution in [2.24, 2.45) is 11.8 Å². The zero-order chi connectivity index (χ0) is 18.9. The molecule has 3 atom stereocenters. The molecule has 26 heavy (non-hydrogen) atoms. The highest BCUT2D eigenvalue weighted by molar-refractivity contribution is 5.88. The van der Waals surface area contributed by atoms with Crippen LogP contribution in [0.4, 0.5) is 4.79 Å². The summed E-state index contributed by atoms with van der Waals surface area (Å²) in [6.45, 7) is 6.31. The predicted octanol–water partition coefficient (Wildman–Crippen LogP) is 5.01. The Kier molecular flexibility index (Phi) is 7.91. The molecule has 0 saturated heterocycles. The first-order valence-electron chi connectivity index (χ1n) is 9.36. The van der Waals surface area contributed by atoms with Crippen molar-refractivity contribution in [3.05, 3.63) is 35.4 Å². The summed E-state index contributed by atoms with van der Waals surface area (Å²) in [4.78, 5) is 32.4. The minimum absolute atomic E-state index is 0.207. The number of hydrogen-bond donors (Lipinski definition) is 0. The van der Waals surface area contributed by atoms with E-state index < -0.39 is 12.1 Å². The van der Waals surface area contributed by atoms with Crippen LogP contribution in [0.5, 0.6) is 0 Å². The molecule has 3 unspecified atom stereocenters. The van der Waals surface area contributed by atoms with Gasteiger partial charge in [0, 0.05) is 0 Å². The van der Waals surface area contributed by atoms with Crippen LogP contribution in [0.3, 0.4) is 0 Å². The Bertz CT molecular complexity index is 582. The number of unbranched alkanes of at least 4 members (excludes halogenated alkanes) is 1. The fourth-order valence-corrected chi connectivity index (χ4v) is 3.15. The van der Waals surface area contributed by atoms with Crippen molar-refractivity contribution in [2.75, 3.05) is 0 Å². The lowest BCUT2D eigenvalue weighted by atomic mass is 9.79. The van der Waals surface area contributed by atoms with Crippen molar-refractivity contribution in [2.45, 2.75) is 65.4 Å². The topological polar surface area (TPSA) is 71.1 Å². The molecule has 0 N–H and O–H groups in total. The Labute approximate surface area is 154 Å². The number of rotatable bonds is 7. The second kappa shape index (κ2) is 10.2. The third-order valence-corrected chi connectivity index (χ3v) is 5.10. The van der Waals surface area contributed by atoms with Gasteiger partial charge in [-0.3, -0.25) is 4.89 Å². The van der Waals surface area contributed by atoms with E-state index in [1.807, 2.05) is 19.1 Å². The van der Waals surface area contributed by atoms with Crippen LogP contribution in [0.1, 0.15) is 68.8 Å². The molecule has 6 nitrogen and oxygen atoms in total. The molecule has 1 fully saturated rings. The molecule has 0 aromatic heterocycles. The maximum absolute atomic E-state index is 11.9. The van der Waals surface area contributed by atoms with E-state index in [-0.39, 0.29) is 12.0 Å². The van der Waals surface area contributed by atoms with Gasteiger partial charge in [-0.05, 0) is 55.2 Å². The summed E-state index contributed by atoms with van der Waals surface area (Å²) in [6.07, 6.45) is 4.90. The van der Waals surface area contributed by atoms with Gasteiger partial charge in [-0.25, -0.2) is 14.5 Å². The zero-order valence-electron chi connectivity index (χ0n) is 15.7. The quantitative estimate of drug-likeness (QED) is 0.385. The molecule has 1 aliphatic rings. The molecular formula is C20H28O6. The minimum atomic E-state index is -1.00. The van der Waals surface area contributed by atoms with E-state index in [1.54, 1.807) is 12.1 Å². The molecule has 0 amide bonds. The van der Waals surface area contributed by atoms with Crippen LogP contribution >= 0.6 is 0 Å². The average Bonchev–Trinajstić information content (AvgIpc) is 2.64. The first kappa shape index (κ1) is 20.2. The second-order valence-corrected chi connectivity index (χ2v) is 7.00. The van der Waals surface area contributed by atoms with Gasteiger partial charge in [0.25, 0.3) is 0 Å². The summed E-state index contributed by atoms with van der Waals surface area (Å²) in [6, 6.07) is 7.04. The van der Waals surface area contributed by atoms with E-state index >= 15 is 0 Å². The van der Waals surface area contributed by atoms with Crippen molar-refractivity contribution in [1.82, 2.24) is 0 Å². The fraction of sp³-hybridized carbons (Fsp3) is 0.600. The minimum Gasteiger partial charge on any atom is -0.429 e. The van der Waals surface area contributed by atoms with E-state index in [4.69, 9.17) is 4.74 Å². The third-order valence-electron chi connectivity index (χ3n) is 5.10. The number of hydrogen-bond acceptors (Lipinski definition) is 6. The van der Waals surface area contributed by atoms with Gasteiger partial charge in [-0.15, -0.1) is 0 Å². The molecule has 1 saturated carbocycles. The van der Waals surface area contributed by atoms with Gasteiger partial charge < -0.3 is 4.74 Å². The van der Waals surface area contributed by atoms with Gasteiger partial charge >= 0.3 is 12.1 Å². The largest absolute Gasteiger partial charge is 0.543 e. The highest BCUT2D eigenvalue weighted by Crippen LogP contribution is 2.31. The first-order valence-corrected chi connectivity index (χ1v) is 9.36. The van der Waals surface area contributed by atoms with Crippen LogP contribution in [0.15, 0.2) is 24.3 Å². The third kappa shape index (κ3) is 6.02. The Morgan fingerprint density at radius 2 is 1.81 bits per heavy atom. The standard InChI is InChI=1S/C20H28O6/c1-4-5-8-16-10-12-17(13-11-16)19(21)24-26-25-20(22)23-18-9-6-7-14(2)15(18)3/h10-15,18H,4-9H2,1-3H3. The number of benzene rings is 1. The van der Waals surface area contributed by atoms with Gasteiger partial charge in [-0.2, -0.15) is 0 Å². The van der Waals surface area contributed by atoms with Crippen molar-refractivity contribution in [3.8, 4) is 0 Å². The molecule has 0 aliphatic heterocycles. The molecular weight excluding hydrogens is 336 g/mol. The molecule has 0 bridgehead atoms. The van der Waals surface area contributed by atoms with Crippen molar-refractivity contribution >= 4 is 12.1 Å². The van der Waals surface area contributed by atoms with Crippen molar-refractivity contribution in [3.63, 3.8) is 0 Å². The van der Waals surface area contributed by atoms with E-state index in [1.165, 1.54) is 0 Å². The Morgan fingerprint density at radius 3 is 2.50 bits per heavy atom. The van der Waals surface area contributed by atoms with E-state index in [0.717, 1.165) is 44.1 Å². The number of carbonyl (C=O) groups is 2. The first-order chi connectivity index (χ1) is 12.5. The molecule has 144 valence electrons. The average molecular weight is 364 g/mol. The maximum Gasteiger partial charge on any atom is 0.543 e. The molecule has 6 heteroatoms. The van der Waals surface area contributed by atoms with Gasteiger partial charge in [-0.1, -0.05) is 45.7 Å². The summed E-state index contributed by atoms with van der Waals surface area (Å²) in [5, 5.41) is 4.29. The van der Waals surface area contributed by atoms with Crippen LogP contribution in [-0.2, 0) is 26.0 Å². The van der Waals surface area contributed by atoms with E-state index in [2.05, 4.69) is 28.7 Å². The van der Waals surface area contributed by atoms with Crippen LogP contribution < -0.4 is 0 Å². The van der Waals surface area contributed by atoms with Crippen LogP contribution in [-0.4, -0.2) is 18.2 Å². The van der Waals surface area contributed by atoms with Crippen LogP contribution in [0, 0.1) is 11.8 Å². The monoisotopic (exact) mass is 364 g/mol. The molecule has 2 rings (SSSR count). The van der Waals surface area contributed by atoms with Gasteiger partial charge in [0.15, 0.2) is 0 Å². The lowest BCUT2D eigenvalue weighted by Gasteiger charge is -2.32. The van der Waals surface area contributed by atoms with Gasteiger partial charge in [0.05, 0.1) is 10.6 Å². The van der Waals surface area contributed by atoms with Gasteiger partial charge in [0.2, 0.25) is 0 Å². The normalized spacial score (nSPS) is 22.5. The smallest absolute Gasteiger partial charge is 0.429 e. The number of aryl methyl sites for hydroxylation is 1. The Hall–Kier alpha value is -2.08. The molecule has 1 aromatic carbocycles. The lowest BCUT2D eigenvalue weighted by Crippen LogP contribution is -2.33. The number of ether oxygens (including phenoxy) is 1.